The lowest BCUT2D eigenvalue weighted by Crippen LogP contribution is -2.22. The minimum absolute atomic E-state index is 0.457. The molecule has 3 aromatic heterocycles. The van der Waals surface area contributed by atoms with Gasteiger partial charge in [-0.2, -0.15) is 0 Å². The maximum Gasteiger partial charge on any atom is 0.404 e. The van der Waals surface area contributed by atoms with E-state index >= 15 is 0 Å². The number of fused-ring (bicyclic) bond motifs is 3. The van der Waals surface area contributed by atoms with Gasteiger partial charge < -0.3 is 19.7 Å². The van der Waals surface area contributed by atoms with E-state index in [1.54, 1.807) is 11.3 Å². The zero-order chi connectivity index (χ0) is 16.9. The van der Waals surface area contributed by atoms with E-state index in [0.717, 1.165) is 46.5 Å². The number of hydrogen-bond acceptors (Lipinski definition) is 5. The lowest BCUT2D eigenvalue weighted by atomic mass is 10.3. The molecule has 1 amide bonds. The molecule has 0 saturated carbocycles. The van der Waals surface area contributed by atoms with Gasteiger partial charge in [-0.05, 0) is 31.2 Å². The number of amides is 1. The third-order valence-electron chi connectivity index (χ3n) is 3.78. The summed E-state index contributed by atoms with van der Waals surface area (Å²) in [5.74, 6) is 0.890. The fourth-order valence-corrected chi connectivity index (χ4v) is 3.60. The van der Waals surface area contributed by atoms with E-state index < -0.39 is 6.09 Å². The molecule has 0 aromatic carbocycles. The first-order valence-corrected chi connectivity index (χ1v) is 8.84. The zero-order valence-corrected chi connectivity index (χ0v) is 14.3. The van der Waals surface area contributed by atoms with Gasteiger partial charge in [0.05, 0.1) is 21.9 Å². The average Bonchev–Trinajstić information content (AvgIpc) is 3.16. The van der Waals surface area contributed by atoms with Gasteiger partial charge in [0.25, 0.3) is 0 Å². The van der Waals surface area contributed by atoms with E-state index in [4.69, 9.17) is 9.84 Å². The predicted octanol–water partition coefficient (Wildman–Crippen LogP) is 3.23. The van der Waals surface area contributed by atoms with E-state index in [9.17, 15) is 4.79 Å². The summed E-state index contributed by atoms with van der Waals surface area (Å²) in [6.07, 6.45) is 2.47. The summed E-state index contributed by atoms with van der Waals surface area (Å²) in [5.41, 5.74) is 2.95. The predicted molar refractivity (Wildman–Crippen MR) is 93.5 cm³/mol. The molecule has 0 spiro atoms. The largest absolute Gasteiger partial charge is 0.465 e. The monoisotopic (exact) mass is 348 g/mol. The number of imidazole rings is 1. The Labute approximate surface area is 143 Å². The van der Waals surface area contributed by atoms with Crippen molar-refractivity contribution >= 4 is 38.7 Å². The molecule has 0 unspecified atom stereocenters. The Hall–Kier alpha value is -2.19. The number of ether oxygens (including phenoxy) is 1. The average molecular weight is 348 g/mol. The number of rotatable bonds is 8. The van der Waals surface area contributed by atoms with Crippen LogP contribution in [0.25, 0.3) is 21.3 Å². The topological polar surface area (TPSA) is 89.3 Å². The second-order valence-electron chi connectivity index (χ2n) is 5.38. The second-order valence-corrected chi connectivity index (χ2v) is 6.30. The molecule has 24 heavy (non-hydrogen) atoms. The highest BCUT2D eigenvalue weighted by Gasteiger charge is 2.15. The smallest absolute Gasteiger partial charge is 0.404 e. The molecule has 3 heterocycles. The van der Waals surface area contributed by atoms with Crippen molar-refractivity contribution in [2.45, 2.75) is 32.9 Å². The van der Waals surface area contributed by atoms with Gasteiger partial charge in [0.2, 0.25) is 0 Å². The van der Waals surface area contributed by atoms with Crippen LogP contribution >= 0.6 is 11.3 Å². The number of aryl methyl sites for hydroxylation is 1. The number of carbonyl (C=O) groups is 1. The molecular formula is C16H20N4O3S. The third-order valence-corrected chi connectivity index (χ3v) is 4.69. The number of nitrogens with zero attached hydrogens (tertiary/aromatic N) is 3. The van der Waals surface area contributed by atoms with Gasteiger partial charge >= 0.3 is 6.09 Å². The maximum absolute atomic E-state index is 10.5. The lowest BCUT2D eigenvalue weighted by Gasteiger charge is -2.10. The second kappa shape index (κ2) is 7.59. The van der Waals surface area contributed by atoms with Crippen molar-refractivity contribution in [3.63, 3.8) is 0 Å². The maximum atomic E-state index is 10.5. The summed E-state index contributed by atoms with van der Waals surface area (Å²) < 4.78 is 8.87. The van der Waals surface area contributed by atoms with E-state index in [-0.39, 0.29) is 0 Å². The lowest BCUT2D eigenvalue weighted by molar-refractivity contribution is 0.126. The Balaban J connectivity index is 1.86. The van der Waals surface area contributed by atoms with Gasteiger partial charge in [0, 0.05) is 19.7 Å². The van der Waals surface area contributed by atoms with Crippen molar-refractivity contribution < 1.29 is 14.6 Å². The van der Waals surface area contributed by atoms with Crippen molar-refractivity contribution in [1.82, 2.24) is 19.9 Å². The highest BCUT2D eigenvalue weighted by Crippen LogP contribution is 2.29. The molecule has 8 heteroatoms. The summed E-state index contributed by atoms with van der Waals surface area (Å²) in [7, 11) is 0. The van der Waals surface area contributed by atoms with Crippen molar-refractivity contribution in [3.8, 4) is 0 Å². The summed E-state index contributed by atoms with van der Waals surface area (Å²) in [5, 5.41) is 13.1. The quantitative estimate of drug-likeness (QED) is 0.610. The molecule has 3 aromatic rings. The molecule has 7 nitrogen and oxygen atoms in total. The molecular weight excluding hydrogens is 328 g/mol. The fourth-order valence-electron chi connectivity index (χ4n) is 2.70. The SMILES string of the molecule is CCOCc1nc2cnc3ccsc3c2n1CCCCNC(=O)O. The summed E-state index contributed by atoms with van der Waals surface area (Å²) >= 11 is 1.66. The number of nitrogens with one attached hydrogen (secondary N) is 1. The fraction of sp³-hybridized carbons (Fsp3) is 0.438. The van der Waals surface area contributed by atoms with E-state index in [2.05, 4.69) is 19.9 Å². The molecule has 0 aliphatic carbocycles. The van der Waals surface area contributed by atoms with Crippen LogP contribution in [0, 0.1) is 0 Å². The van der Waals surface area contributed by atoms with Crippen molar-refractivity contribution in [2.75, 3.05) is 13.2 Å². The molecule has 0 aliphatic heterocycles. The van der Waals surface area contributed by atoms with Crippen LogP contribution in [0.5, 0.6) is 0 Å². The van der Waals surface area contributed by atoms with Gasteiger partial charge in [0.1, 0.15) is 17.9 Å². The number of carboxylic acid groups (broad SMARTS) is 1. The molecule has 0 fully saturated rings. The van der Waals surface area contributed by atoms with Crippen LogP contribution in [0.4, 0.5) is 4.79 Å². The summed E-state index contributed by atoms with van der Waals surface area (Å²) in [6, 6.07) is 2.01. The number of thiophene rings is 1. The molecule has 128 valence electrons. The minimum Gasteiger partial charge on any atom is -0.465 e. The Morgan fingerprint density at radius 1 is 1.42 bits per heavy atom. The van der Waals surface area contributed by atoms with Crippen molar-refractivity contribution in [3.05, 3.63) is 23.5 Å². The first-order valence-electron chi connectivity index (χ1n) is 7.96. The van der Waals surface area contributed by atoms with Crippen LogP contribution in [0.2, 0.25) is 0 Å². The first-order chi connectivity index (χ1) is 11.7. The molecule has 0 bridgehead atoms. The normalized spacial score (nSPS) is 11.4. The van der Waals surface area contributed by atoms with Crippen molar-refractivity contribution in [2.24, 2.45) is 0 Å². The first kappa shape index (κ1) is 16.7. The molecule has 0 aliphatic rings. The van der Waals surface area contributed by atoms with E-state index in [0.29, 0.717) is 19.8 Å². The van der Waals surface area contributed by atoms with Crippen molar-refractivity contribution in [1.29, 1.82) is 0 Å². The molecule has 0 atom stereocenters. The summed E-state index contributed by atoms with van der Waals surface area (Å²) in [4.78, 5) is 19.6. The van der Waals surface area contributed by atoms with Gasteiger partial charge in [0.15, 0.2) is 0 Å². The Morgan fingerprint density at radius 3 is 3.08 bits per heavy atom. The number of unbranched alkanes of at least 4 members (excludes halogenated alkanes) is 1. The molecule has 0 radical (unpaired) electrons. The van der Waals surface area contributed by atoms with Gasteiger partial charge in [-0.15, -0.1) is 11.3 Å². The molecule has 3 rings (SSSR count). The van der Waals surface area contributed by atoms with Gasteiger partial charge in [-0.25, -0.2) is 9.78 Å². The Bertz CT molecular complexity index is 842. The minimum atomic E-state index is -0.980. The van der Waals surface area contributed by atoms with E-state index in [1.165, 1.54) is 0 Å². The van der Waals surface area contributed by atoms with E-state index in [1.807, 2.05) is 24.6 Å². The van der Waals surface area contributed by atoms with Crippen LogP contribution in [-0.4, -0.2) is 38.9 Å². The van der Waals surface area contributed by atoms with Crippen LogP contribution in [0.1, 0.15) is 25.6 Å². The van der Waals surface area contributed by atoms with Crippen LogP contribution in [0.15, 0.2) is 17.6 Å². The molecule has 0 saturated heterocycles. The van der Waals surface area contributed by atoms with Crippen LogP contribution in [0.3, 0.4) is 0 Å². The van der Waals surface area contributed by atoms with Crippen LogP contribution in [-0.2, 0) is 17.9 Å². The molecule has 2 N–H and O–H groups in total. The highest BCUT2D eigenvalue weighted by atomic mass is 32.1. The third kappa shape index (κ3) is 3.49. The van der Waals surface area contributed by atoms with Gasteiger partial charge in [-0.3, -0.25) is 4.98 Å². The Kier molecular flexibility index (Phi) is 5.27. The zero-order valence-electron chi connectivity index (χ0n) is 13.5. The summed E-state index contributed by atoms with van der Waals surface area (Å²) in [6.45, 7) is 4.30. The number of aromatic nitrogens is 3. The number of hydrogen-bond donors (Lipinski definition) is 2. The van der Waals surface area contributed by atoms with Crippen LogP contribution < -0.4 is 5.32 Å². The number of pyridine rings is 1. The Morgan fingerprint density at radius 2 is 2.29 bits per heavy atom. The van der Waals surface area contributed by atoms with Gasteiger partial charge in [-0.1, -0.05) is 0 Å². The standard InChI is InChI=1S/C16H20N4O3S/c1-2-23-10-13-19-12-9-18-11-5-8-24-15(11)14(12)20(13)7-4-3-6-17-16(21)22/h5,8-9,17H,2-4,6-7,10H2,1H3,(H,21,22). The highest BCUT2D eigenvalue weighted by molar-refractivity contribution is 7.18.